The van der Waals surface area contributed by atoms with Crippen molar-refractivity contribution in [3.05, 3.63) is 0 Å². The maximum Gasteiger partial charge on any atom is 0.309 e. The van der Waals surface area contributed by atoms with E-state index >= 15 is 0 Å². The zero-order valence-electron chi connectivity index (χ0n) is 7.36. The van der Waals surface area contributed by atoms with Gasteiger partial charge in [-0.2, -0.15) is 0 Å². The standard InChI is InChI=1S/C8H12FNO3/c1-5(11)10-3-2-6(8(12)13)7(9)4-10/h6-7H,2-4H2,1H3,(H,12,13). The van der Waals surface area contributed by atoms with Crippen LogP contribution in [-0.4, -0.2) is 41.1 Å². The molecule has 2 atom stereocenters. The number of carboxylic acids is 1. The van der Waals surface area contributed by atoms with Crippen molar-refractivity contribution in [2.75, 3.05) is 13.1 Å². The maximum atomic E-state index is 13.1. The van der Waals surface area contributed by atoms with Gasteiger partial charge in [0.2, 0.25) is 5.91 Å². The highest BCUT2D eigenvalue weighted by Crippen LogP contribution is 2.20. The number of carbonyl (C=O) groups is 2. The maximum absolute atomic E-state index is 13.1. The van der Waals surface area contributed by atoms with Crippen molar-refractivity contribution in [1.82, 2.24) is 4.90 Å². The van der Waals surface area contributed by atoms with Gasteiger partial charge in [-0.3, -0.25) is 9.59 Å². The molecule has 1 rings (SSSR count). The Bertz CT molecular complexity index is 231. The molecular formula is C8H12FNO3. The number of carboxylic acid groups (broad SMARTS) is 1. The highest BCUT2D eigenvalue weighted by molar-refractivity contribution is 5.75. The molecule has 1 aliphatic heterocycles. The summed E-state index contributed by atoms with van der Waals surface area (Å²) in [5.41, 5.74) is 0. The minimum absolute atomic E-state index is 0.0910. The van der Waals surface area contributed by atoms with Gasteiger partial charge < -0.3 is 10.0 Å². The molecule has 0 saturated carbocycles. The summed E-state index contributed by atoms with van der Waals surface area (Å²) < 4.78 is 13.1. The van der Waals surface area contributed by atoms with Gasteiger partial charge in [-0.05, 0) is 6.42 Å². The number of carbonyl (C=O) groups excluding carboxylic acids is 1. The minimum Gasteiger partial charge on any atom is -0.481 e. The second kappa shape index (κ2) is 3.72. The molecule has 0 radical (unpaired) electrons. The largest absolute Gasteiger partial charge is 0.481 e. The van der Waals surface area contributed by atoms with Crippen LogP contribution in [0.5, 0.6) is 0 Å². The lowest BCUT2D eigenvalue weighted by Crippen LogP contribution is -2.46. The van der Waals surface area contributed by atoms with Crippen molar-refractivity contribution in [2.24, 2.45) is 5.92 Å². The minimum atomic E-state index is -1.44. The van der Waals surface area contributed by atoms with Crippen molar-refractivity contribution in [3.63, 3.8) is 0 Å². The highest BCUT2D eigenvalue weighted by Gasteiger charge is 2.34. The van der Waals surface area contributed by atoms with Gasteiger partial charge in [-0.15, -0.1) is 0 Å². The van der Waals surface area contributed by atoms with E-state index in [9.17, 15) is 14.0 Å². The molecule has 4 nitrogen and oxygen atoms in total. The van der Waals surface area contributed by atoms with Crippen LogP contribution >= 0.6 is 0 Å². The molecule has 1 fully saturated rings. The number of alkyl halides is 1. The molecule has 1 heterocycles. The third kappa shape index (κ3) is 2.17. The zero-order chi connectivity index (χ0) is 10.0. The molecule has 0 bridgehead atoms. The molecule has 2 unspecified atom stereocenters. The first-order valence-electron chi connectivity index (χ1n) is 4.14. The molecule has 1 aliphatic rings. The Balaban J connectivity index is 2.56. The first-order valence-corrected chi connectivity index (χ1v) is 4.14. The van der Waals surface area contributed by atoms with E-state index in [2.05, 4.69) is 0 Å². The highest BCUT2D eigenvalue weighted by atomic mass is 19.1. The third-order valence-corrected chi connectivity index (χ3v) is 2.30. The first-order chi connectivity index (χ1) is 6.02. The Morgan fingerprint density at radius 2 is 2.15 bits per heavy atom. The van der Waals surface area contributed by atoms with Crippen molar-refractivity contribution >= 4 is 11.9 Å². The smallest absolute Gasteiger partial charge is 0.309 e. The second-order valence-corrected chi connectivity index (χ2v) is 3.21. The summed E-state index contributed by atoms with van der Waals surface area (Å²) in [6, 6.07) is 0. The topological polar surface area (TPSA) is 57.6 Å². The van der Waals surface area contributed by atoms with E-state index in [0.717, 1.165) is 0 Å². The van der Waals surface area contributed by atoms with Crippen LogP contribution in [0.1, 0.15) is 13.3 Å². The second-order valence-electron chi connectivity index (χ2n) is 3.21. The number of rotatable bonds is 1. The Labute approximate surface area is 75.3 Å². The molecule has 0 aromatic carbocycles. The van der Waals surface area contributed by atoms with Gasteiger partial charge in [0.25, 0.3) is 0 Å². The number of halogens is 1. The number of likely N-dealkylation sites (tertiary alicyclic amines) is 1. The summed E-state index contributed by atoms with van der Waals surface area (Å²) in [6.07, 6.45) is -1.23. The van der Waals surface area contributed by atoms with Gasteiger partial charge in [-0.25, -0.2) is 4.39 Å². The van der Waals surface area contributed by atoms with E-state index in [-0.39, 0.29) is 18.9 Å². The van der Waals surface area contributed by atoms with Crippen LogP contribution in [0.15, 0.2) is 0 Å². The van der Waals surface area contributed by atoms with Crippen LogP contribution in [0, 0.1) is 5.92 Å². The molecule has 0 aromatic rings. The Hall–Kier alpha value is -1.13. The van der Waals surface area contributed by atoms with Crippen molar-refractivity contribution in [2.45, 2.75) is 19.5 Å². The molecule has 5 heteroatoms. The summed E-state index contributed by atoms with van der Waals surface area (Å²) in [4.78, 5) is 22.7. The number of nitrogens with zero attached hydrogens (tertiary/aromatic N) is 1. The van der Waals surface area contributed by atoms with E-state index in [1.54, 1.807) is 0 Å². The van der Waals surface area contributed by atoms with Crippen molar-refractivity contribution in [3.8, 4) is 0 Å². The van der Waals surface area contributed by atoms with Crippen LogP contribution in [-0.2, 0) is 9.59 Å². The predicted molar refractivity (Wildman–Crippen MR) is 42.9 cm³/mol. The quantitative estimate of drug-likeness (QED) is 0.644. The average Bonchev–Trinajstić information content (AvgIpc) is 2.03. The van der Waals surface area contributed by atoms with E-state index in [1.807, 2.05) is 0 Å². The molecule has 74 valence electrons. The fourth-order valence-electron chi connectivity index (χ4n) is 1.47. The fraction of sp³-hybridized carbons (Fsp3) is 0.750. The predicted octanol–water partition coefficient (Wildman–Crippen LogP) is 0.278. The lowest BCUT2D eigenvalue weighted by atomic mass is 9.95. The molecule has 1 amide bonds. The Morgan fingerprint density at radius 3 is 2.54 bits per heavy atom. The van der Waals surface area contributed by atoms with Gasteiger partial charge >= 0.3 is 5.97 Å². The summed E-state index contributed by atoms with van der Waals surface area (Å²) in [5.74, 6) is -2.27. The molecule has 0 spiro atoms. The summed E-state index contributed by atoms with van der Waals surface area (Å²) in [6.45, 7) is 1.60. The normalized spacial score (nSPS) is 28.6. The van der Waals surface area contributed by atoms with E-state index in [0.29, 0.717) is 6.54 Å². The molecule has 0 aliphatic carbocycles. The molecule has 13 heavy (non-hydrogen) atoms. The van der Waals surface area contributed by atoms with Crippen LogP contribution in [0.3, 0.4) is 0 Å². The van der Waals surface area contributed by atoms with Gasteiger partial charge in [0.15, 0.2) is 0 Å². The van der Waals surface area contributed by atoms with E-state index in [1.165, 1.54) is 11.8 Å². The molecule has 1 N–H and O–H groups in total. The van der Waals surface area contributed by atoms with Crippen LogP contribution < -0.4 is 0 Å². The van der Waals surface area contributed by atoms with Gasteiger partial charge in [0.05, 0.1) is 12.5 Å². The molecule has 1 saturated heterocycles. The van der Waals surface area contributed by atoms with E-state index in [4.69, 9.17) is 5.11 Å². The van der Waals surface area contributed by atoms with Crippen molar-refractivity contribution < 1.29 is 19.1 Å². The summed E-state index contributed by atoms with van der Waals surface area (Å²) in [5, 5.41) is 8.59. The number of piperidine rings is 1. The first kappa shape index (κ1) is 9.95. The number of amides is 1. The average molecular weight is 189 g/mol. The van der Waals surface area contributed by atoms with Crippen molar-refractivity contribution in [1.29, 1.82) is 0 Å². The third-order valence-electron chi connectivity index (χ3n) is 2.30. The summed E-state index contributed by atoms with van der Waals surface area (Å²) in [7, 11) is 0. The van der Waals surface area contributed by atoms with Crippen LogP contribution in [0.4, 0.5) is 4.39 Å². The summed E-state index contributed by atoms with van der Waals surface area (Å²) >= 11 is 0. The molecular weight excluding hydrogens is 177 g/mol. The monoisotopic (exact) mass is 189 g/mol. The van der Waals surface area contributed by atoms with E-state index < -0.39 is 18.1 Å². The number of hydrogen-bond acceptors (Lipinski definition) is 2. The van der Waals surface area contributed by atoms with Gasteiger partial charge in [-0.1, -0.05) is 0 Å². The van der Waals surface area contributed by atoms with Gasteiger partial charge in [0.1, 0.15) is 6.17 Å². The SMILES string of the molecule is CC(=O)N1CCC(C(=O)O)C(F)C1. The fourth-order valence-corrected chi connectivity index (χ4v) is 1.47. The Morgan fingerprint density at radius 1 is 1.54 bits per heavy atom. The molecule has 0 aromatic heterocycles. The number of aliphatic carboxylic acids is 1. The lowest BCUT2D eigenvalue weighted by Gasteiger charge is -2.31. The van der Waals surface area contributed by atoms with Gasteiger partial charge in [0, 0.05) is 13.5 Å². The number of hydrogen-bond donors (Lipinski definition) is 1. The van der Waals surface area contributed by atoms with Crippen LogP contribution in [0.2, 0.25) is 0 Å². The Kier molecular flexibility index (Phi) is 2.85. The van der Waals surface area contributed by atoms with Crippen LogP contribution in [0.25, 0.3) is 0 Å². The zero-order valence-corrected chi connectivity index (χ0v) is 7.36. The lowest BCUT2D eigenvalue weighted by molar-refractivity contribution is -0.149.